The lowest BCUT2D eigenvalue weighted by Crippen LogP contribution is -2.38. The predicted octanol–water partition coefficient (Wildman–Crippen LogP) is 3.63. The van der Waals surface area contributed by atoms with Crippen LogP contribution in [0.5, 0.6) is 0 Å². The fourth-order valence-electron chi connectivity index (χ4n) is 3.97. The standard InChI is InChI=1S/C24H25N5O3/c25-16-18-1-3-19(4-2-18)23-17-26-24(32-23)27-20-13-21(28-5-9-30-10-6-28)15-22(14-20)29-7-11-31-12-8-29/h1-4,13-15,17H,5-12H2,(H,26,27). The van der Waals surface area contributed by atoms with Crippen LogP contribution in [-0.2, 0) is 9.47 Å². The molecule has 2 fully saturated rings. The number of nitrogens with zero attached hydrogens (tertiary/aromatic N) is 4. The molecule has 0 saturated carbocycles. The second kappa shape index (κ2) is 9.30. The normalized spacial score (nSPS) is 16.6. The van der Waals surface area contributed by atoms with Gasteiger partial charge in [0.25, 0.3) is 6.01 Å². The molecule has 3 heterocycles. The molecule has 2 aliphatic heterocycles. The Kier molecular flexibility index (Phi) is 5.92. The van der Waals surface area contributed by atoms with E-state index in [0.717, 1.165) is 75.2 Å². The van der Waals surface area contributed by atoms with Crippen molar-refractivity contribution in [1.29, 1.82) is 5.26 Å². The Balaban J connectivity index is 1.40. The number of ether oxygens (including phenoxy) is 2. The Morgan fingerprint density at radius 2 is 1.44 bits per heavy atom. The third kappa shape index (κ3) is 4.54. The van der Waals surface area contributed by atoms with Gasteiger partial charge in [0.1, 0.15) is 0 Å². The van der Waals surface area contributed by atoms with Gasteiger partial charge in [0.2, 0.25) is 0 Å². The first-order valence-electron chi connectivity index (χ1n) is 10.8. The van der Waals surface area contributed by atoms with E-state index in [9.17, 15) is 0 Å². The van der Waals surface area contributed by atoms with Gasteiger partial charge >= 0.3 is 0 Å². The molecule has 0 spiro atoms. The minimum atomic E-state index is 0.427. The summed E-state index contributed by atoms with van der Waals surface area (Å²) in [5.41, 5.74) is 4.71. The summed E-state index contributed by atoms with van der Waals surface area (Å²) in [6, 6.07) is 16.3. The number of hydrogen-bond acceptors (Lipinski definition) is 8. The Hall–Kier alpha value is -3.54. The molecule has 0 aliphatic carbocycles. The van der Waals surface area contributed by atoms with Crippen LogP contribution >= 0.6 is 0 Å². The maximum Gasteiger partial charge on any atom is 0.299 e. The van der Waals surface area contributed by atoms with Gasteiger partial charge in [-0.25, -0.2) is 4.98 Å². The van der Waals surface area contributed by atoms with Gasteiger partial charge < -0.3 is 29.0 Å². The van der Waals surface area contributed by atoms with Crippen molar-refractivity contribution in [2.24, 2.45) is 0 Å². The molecule has 0 radical (unpaired) electrons. The second-order valence-corrected chi connectivity index (χ2v) is 7.78. The first-order valence-corrected chi connectivity index (χ1v) is 10.8. The number of anilines is 4. The lowest BCUT2D eigenvalue weighted by molar-refractivity contribution is 0.122. The Morgan fingerprint density at radius 3 is 2.00 bits per heavy atom. The smallest absolute Gasteiger partial charge is 0.299 e. The summed E-state index contributed by atoms with van der Waals surface area (Å²) in [6.45, 7) is 6.41. The molecular weight excluding hydrogens is 406 g/mol. The van der Waals surface area contributed by atoms with Gasteiger partial charge in [-0.1, -0.05) is 0 Å². The lowest BCUT2D eigenvalue weighted by Gasteiger charge is -2.33. The molecule has 2 aliphatic rings. The van der Waals surface area contributed by atoms with Crippen molar-refractivity contribution < 1.29 is 13.9 Å². The van der Waals surface area contributed by atoms with Crippen molar-refractivity contribution >= 4 is 23.1 Å². The van der Waals surface area contributed by atoms with Gasteiger partial charge in [0.15, 0.2) is 5.76 Å². The molecule has 2 saturated heterocycles. The van der Waals surface area contributed by atoms with Crippen molar-refractivity contribution in [3.63, 3.8) is 0 Å². The topological polar surface area (TPSA) is 86.8 Å². The van der Waals surface area contributed by atoms with E-state index in [-0.39, 0.29) is 0 Å². The second-order valence-electron chi connectivity index (χ2n) is 7.78. The fourth-order valence-corrected chi connectivity index (χ4v) is 3.97. The van der Waals surface area contributed by atoms with Crippen LogP contribution in [0.25, 0.3) is 11.3 Å². The van der Waals surface area contributed by atoms with E-state index in [1.807, 2.05) is 12.1 Å². The van der Waals surface area contributed by atoms with E-state index >= 15 is 0 Å². The van der Waals surface area contributed by atoms with Crippen LogP contribution in [-0.4, -0.2) is 57.6 Å². The highest BCUT2D eigenvalue weighted by atomic mass is 16.5. The van der Waals surface area contributed by atoms with Crippen molar-refractivity contribution in [2.75, 3.05) is 67.7 Å². The highest BCUT2D eigenvalue weighted by Crippen LogP contribution is 2.32. The Labute approximate surface area is 187 Å². The largest absolute Gasteiger partial charge is 0.423 e. The highest BCUT2D eigenvalue weighted by molar-refractivity contribution is 5.71. The summed E-state index contributed by atoms with van der Waals surface area (Å²) in [5, 5.41) is 12.3. The van der Waals surface area contributed by atoms with Crippen molar-refractivity contribution in [3.05, 3.63) is 54.2 Å². The van der Waals surface area contributed by atoms with Gasteiger partial charge in [-0.2, -0.15) is 5.26 Å². The molecule has 0 bridgehead atoms. The zero-order valence-corrected chi connectivity index (χ0v) is 17.8. The summed E-state index contributed by atoms with van der Waals surface area (Å²) in [6.07, 6.45) is 1.69. The quantitative estimate of drug-likeness (QED) is 0.655. The molecule has 3 aromatic rings. The molecule has 5 rings (SSSR count). The minimum absolute atomic E-state index is 0.427. The molecule has 0 atom stereocenters. The van der Waals surface area contributed by atoms with Gasteiger partial charge in [-0.3, -0.25) is 0 Å². The van der Waals surface area contributed by atoms with E-state index < -0.39 is 0 Å². The monoisotopic (exact) mass is 431 g/mol. The van der Waals surface area contributed by atoms with Gasteiger partial charge in [0.05, 0.1) is 44.3 Å². The number of rotatable bonds is 5. The summed E-state index contributed by atoms with van der Waals surface area (Å²) in [7, 11) is 0. The minimum Gasteiger partial charge on any atom is -0.423 e. The zero-order valence-electron chi connectivity index (χ0n) is 17.8. The van der Waals surface area contributed by atoms with Crippen LogP contribution in [0.4, 0.5) is 23.1 Å². The third-order valence-corrected chi connectivity index (χ3v) is 5.71. The summed E-state index contributed by atoms with van der Waals surface area (Å²) < 4.78 is 17.0. The number of benzene rings is 2. The van der Waals surface area contributed by atoms with Crippen LogP contribution in [0.15, 0.2) is 53.1 Å². The van der Waals surface area contributed by atoms with E-state index in [2.05, 4.69) is 44.4 Å². The number of morpholine rings is 2. The lowest BCUT2D eigenvalue weighted by atomic mass is 10.1. The van der Waals surface area contributed by atoms with Crippen molar-refractivity contribution in [2.45, 2.75) is 0 Å². The van der Waals surface area contributed by atoms with Crippen LogP contribution in [0.3, 0.4) is 0 Å². The number of oxazole rings is 1. The average molecular weight is 431 g/mol. The Bertz CT molecular complexity index is 1060. The number of nitrogens with one attached hydrogen (secondary N) is 1. The van der Waals surface area contributed by atoms with Gasteiger partial charge in [0, 0.05) is 48.8 Å². The molecular formula is C24H25N5O3. The summed E-state index contributed by atoms with van der Waals surface area (Å²) >= 11 is 0. The third-order valence-electron chi connectivity index (χ3n) is 5.71. The maximum atomic E-state index is 8.98. The molecule has 1 N–H and O–H groups in total. The molecule has 1 aromatic heterocycles. The van der Waals surface area contributed by atoms with Gasteiger partial charge in [-0.05, 0) is 42.5 Å². The van der Waals surface area contributed by atoms with E-state index in [4.69, 9.17) is 19.2 Å². The maximum absolute atomic E-state index is 8.98. The fraction of sp³-hybridized carbons (Fsp3) is 0.333. The highest BCUT2D eigenvalue weighted by Gasteiger charge is 2.18. The first-order chi connectivity index (χ1) is 15.8. The van der Waals surface area contributed by atoms with Gasteiger partial charge in [-0.15, -0.1) is 0 Å². The first kappa shape index (κ1) is 20.4. The molecule has 0 amide bonds. The average Bonchev–Trinajstić information content (AvgIpc) is 3.33. The van der Waals surface area contributed by atoms with Crippen molar-refractivity contribution in [3.8, 4) is 17.4 Å². The van der Waals surface area contributed by atoms with E-state index in [1.54, 1.807) is 18.3 Å². The van der Waals surface area contributed by atoms with E-state index in [1.165, 1.54) is 0 Å². The molecule has 164 valence electrons. The molecule has 8 heteroatoms. The molecule has 8 nitrogen and oxygen atoms in total. The zero-order chi connectivity index (χ0) is 21.8. The van der Waals surface area contributed by atoms with Crippen LogP contribution in [0, 0.1) is 11.3 Å². The van der Waals surface area contributed by atoms with Crippen LogP contribution < -0.4 is 15.1 Å². The number of hydrogen-bond donors (Lipinski definition) is 1. The summed E-state index contributed by atoms with van der Waals surface area (Å²) in [5.74, 6) is 0.648. The SMILES string of the molecule is N#Cc1ccc(-c2cnc(Nc3cc(N4CCOCC4)cc(N4CCOCC4)c3)o2)cc1. The Morgan fingerprint density at radius 1 is 0.844 bits per heavy atom. The molecule has 2 aromatic carbocycles. The van der Waals surface area contributed by atoms with Crippen LogP contribution in [0.2, 0.25) is 0 Å². The molecule has 32 heavy (non-hydrogen) atoms. The molecule has 0 unspecified atom stereocenters. The van der Waals surface area contributed by atoms with E-state index in [0.29, 0.717) is 17.3 Å². The predicted molar refractivity (Wildman–Crippen MR) is 122 cm³/mol. The van der Waals surface area contributed by atoms with Crippen molar-refractivity contribution in [1.82, 2.24) is 4.98 Å². The van der Waals surface area contributed by atoms with Crippen LogP contribution in [0.1, 0.15) is 5.56 Å². The number of nitriles is 1. The summed E-state index contributed by atoms with van der Waals surface area (Å²) in [4.78, 5) is 9.09. The number of aromatic nitrogens is 1.